The lowest BCUT2D eigenvalue weighted by Gasteiger charge is -2.17. The molecule has 0 aliphatic heterocycles. The van der Waals surface area contributed by atoms with Gasteiger partial charge in [0.2, 0.25) is 0 Å². The fourth-order valence-electron chi connectivity index (χ4n) is 1.18. The number of rotatable bonds is 4. The molecule has 0 spiro atoms. The Kier molecular flexibility index (Phi) is 3.74. The molecule has 0 heterocycles. The van der Waals surface area contributed by atoms with Crippen molar-refractivity contribution in [2.75, 3.05) is 25.1 Å². The van der Waals surface area contributed by atoms with Crippen LogP contribution in [0.3, 0.4) is 0 Å². The summed E-state index contributed by atoms with van der Waals surface area (Å²) in [5.74, 6) is 0.0189. The first-order valence-electron chi connectivity index (χ1n) is 4.82. The average Bonchev–Trinajstić information content (AvgIpc) is 2.20. The van der Waals surface area contributed by atoms with E-state index < -0.39 is 0 Å². The zero-order valence-corrected chi connectivity index (χ0v) is 8.88. The average molecular weight is 197 g/mol. The van der Waals surface area contributed by atoms with Gasteiger partial charge in [-0.2, -0.15) is 0 Å². The van der Waals surface area contributed by atoms with Crippen molar-refractivity contribution in [3.05, 3.63) is 24.0 Å². The number of hydrogen-bond donors (Lipinski definition) is 0. The van der Waals surface area contributed by atoms with E-state index in [-0.39, 0.29) is 5.82 Å². The SMILES string of the molecule is CCOc1ccc(N(C)CC)cc1F. The molecule has 0 atom stereocenters. The minimum atomic E-state index is -0.301. The van der Waals surface area contributed by atoms with Crippen molar-refractivity contribution in [2.24, 2.45) is 0 Å². The van der Waals surface area contributed by atoms with E-state index in [4.69, 9.17) is 4.74 Å². The maximum Gasteiger partial charge on any atom is 0.167 e. The van der Waals surface area contributed by atoms with Crippen molar-refractivity contribution >= 4 is 5.69 Å². The van der Waals surface area contributed by atoms with Gasteiger partial charge in [0.15, 0.2) is 11.6 Å². The Morgan fingerprint density at radius 2 is 2.07 bits per heavy atom. The summed E-state index contributed by atoms with van der Waals surface area (Å²) in [5, 5.41) is 0. The lowest BCUT2D eigenvalue weighted by atomic mass is 10.2. The van der Waals surface area contributed by atoms with Crippen LogP contribution in [-0.4, -0.2) is 20.2 Å². The summed E-state index contributed by atoms with van der Waals surface area (Å²) >= 11 is 0. The molecule has 3 heteroatoms. The number of anilines is 1. The van der Waals surface area contributed by atoms with Crippen LogP contribution in [-0.2, 0) is 0 Å². The van der Waals surface area contributed by atoms with Crippen LogP contribution >= 0.6 is 0 Å². The van der Waals surface area contributed by atoms with Gasteiger partial charge in [-0.3, -0.25) is 0 Å². The van der Waals surface area contributed by atoms with Crippen LogP contribution in [0.15, 0.2) is 18.2 Å². The first-order chi connectivity index (χ1) is 6.69. The zero-order chi connectivity index (χ0) is 10.6. The smallest absolute Gasteiger partial charge is 0.167 e. The summed E-state index contributed by atoms with van der Waals surface area (Å²) in [6, 6.07) is 5.02. The predicted molar refractivity (Wildman–Crippen MR) is 56.5 cm³/mol. The highest BCUT2D eigenvalue weighted by molar-refractivity contribution is 5.49. The molecule has 0 N–H and O–H groups in total. The maximum absolute atomic E-state index is 13.4. The van der Waals surface area contributed by atoms with E-state index >= 15 is 0 Å². The molecule has 0 aromatic heterocycles. The molecule has 0 fully saturated rings. The second kappa shape index (κ2) is 4.84. The van der Waals surface area contributed by atoms with E-state index in [0.717, 1.165) is 12.2 Å². The van der Waals surface area contributed by atoms with Gasteiger partial charge in [0.05, 0.1) is 6.61 Å². The van der Waals surface area contributed by atoms with E-state index in [2.05, 4.69) is 0 Å². The number of hydrogen-bond acceptors (Lipinski definition) is 2. The van der Waals surface area contributed by atoms with Crippen LogP contribution in [0.5, 0.6) is 5.75 Å². The van der Waals surface area contributed by atoms with Gasteiger partial charge in [0, 0.05) is 25.3 Å². The lowest BCUT2D eigenvalue weighted by Crippen LogP contribution is -2.15. The number of ether oxygens (including phenoxy) is 1. The van der Waals surface area contributed by atoms with Gasteiger partial charge in [-0.25, -0.2) is 4.39 Å². The van der Waals surface area contributed by atoms with Crippen molar-refractivity contribution in [1.29, 1.82) is 0 Å². The first-order valence-corrected chi connectivity index (χ1v) is 4.82. The molecule has 0 bridgehead atoms. The van der Waals surface area contributed by atoms with Gasteiger partial charge < -0.3 is 9.64 Å². The summed E-state index contributed by atoms with van der Waals surface area (Å²) in [7, 11) is 1.93. The maximum atomic E-state index is 13.4. The third-order valence-corrected chi connectivity index (χ3v) is 2.13. The second-order valence-electron chi connectivity index (χ2n) is 3.06. The van der Waals surface area contributed by atoms with Crippen molar-refractivity contribution in [3.63, 3.8) is 0 Å². The molecule has 0 saturated heterocycles. The molecule has 0 aliphatic carbocycles. The second-order valence-corrected chi connectivity index (χ2v) is 3.06. The highest BCUT2D eigenvalue weighted by atomic mass is 19.1. The van der Waals surface area contributed by atoms with Crippen LogP contribution in [0, 0.1) is 5.82 Å². The third kappa shape index (κ3) is 2.37. The Labute approximate surface area is 84.3 Å². The molecular formula is C11H16FNO. The van der Waals surface area contributed by atoms with Crippen LogP contribution in [0.1, 0.15) is 13.8 Å². The Morgan fingerprint density at radius 1 is 1.36 bits per heavy atom. The van der Waals surface area contributed by atoms with Gasteiger partial charge >= 0.3 is 0 Å². The van der Waals surface area contributed by atoms with E-state index in [1.54, 1.807) is 6.07 Å². The van der Waals surface area contributed by atoms with E-state index in [0.29, 0.717) is 12.4 Å². The molecule has 14 heavy (non-hydrogen) atoms. The summed E-state index contributed by atoms with van der Waals surface area (Å²) in [6.45, 7) is 5.20. The molecule has 0 aliphatic rings. The lowest BCUT2D eigenvalue weighted by molar-refractivity contribution is 0.321. The molecular weight excluding hydrogens is 181 g/mol. The summed E-state index contributed by atoms with van der Waals surface area (Å²) in [4.78, 5) is 1.97. The number of benzene rings is 1. The molecule has 1 rings (SSSR count). The van der Waals surface area contributed by atoms with E-state index in [1.807, 2.05) is 31.9 Å². The van der Waals surface area contributed by atoms with Crippen LogP contribution < -0.4 is 9.64 Å². The van der Waals surface area contributed by atoms with Gasteiger partial charge in [0.1, 0.15) is 0 Å². The standard InChI is InChI=1S/C11H16FNO/c1-4-13(3)9-6-7-11(14-5-2)10(12)8-9/h6-8H,4-5H2,1-3H3. The molecule has 0 amide bonds. The van der Waals surface area contributed by atoms with Crippen LogP contribution in [0.4, 0.5) is 10.1 Å². The molecule has 0 unspecified atom stereocenters. The van der Waals surface area contributed by atoms with Gasteiger partial charge in [-0.15, -0.1) is 0 Å². The molecule has 1 aromatic carbocycles. The first kappa shape index (κ1) is 10.8. The largest absolute Gasteiger partial charge is 0.491 e. The Bertz CT molecular complexity index is 301. The Balaban J connectivity index is 2.88. The highest BCUT2D eigenvalue weighted by Crippen LogP contribution is 2.22. The van der Waals surface area contributed by atoms with Gasteiger partial charge in [-0.1, -0.05) is 0 Å². The van der Waals surface area contributed by atoms with Gasteiger partial charge in [-0.05, 0) is 26.0 Å². The summed E-state index contributed by atoms with van der Waals surface area (Å²) in [5.41, 5.74) is 0.869. The quantitative estimate of drug-likeness (QED) is 0.735. The zero-order valence-electron chi connectivity index (χ0n) is 8.88. The van der Waals surface area contributed by atoms with E-state index in [9.17, 15) is 4.39 Å². The summed E-state index contributed by atoms with van der Waals surface area (Å²) < 4.78 is 18.5. The fourth-order valence-corrected chi connectivity index (χ4v) is 1.18. The van der Waals surface area contributed by atoms with Crippen molar-refractivity contribution in [2.45, 2.75) is 13.8 Å². The summed E-state index contributed by atoms with van der Waals surface area (Å²) in [6.07, 6.45) is 0. The van der Waals surface area contributed by atoms with Crippen molar-refractivity contribution in [1.82, 2.24) is 0 Å². The van der Waals surface area contributed by atoms with Crippen molar-refractivity contribution < 1.29 is 9.13 Å². The van der Waals surface area contributed by atoms with Crippen molar-refractivity contribution in [3.8, 4) is 5.75 Å². The molecule has 0 radical (unpaired) electrons. The van der Waals surface area contributed by atoms with Crippen LogP contribution in [0.2, 0.25) is 0 Å². The monoisotopic (exact) mass is 197 g/mol. The van der Waals surface area contributed by atoms with E-state index in [1.165, 1.54) is 6.07 Å². The normalized spacial score (nSPS) is 10.0. The number of nitrogens with zero attached hydrogens (tertiary/aromatic N) is 1. The molecule has 78 valence electrons. The Morgan fingerprint density at radius 3 is 2.57 bits per heavy atom. The molecule has 1 aromatic rings. The topological polar surface area (TPSA) is 12.5 Å². The minimum Gasteiger partial charge on any atom is -0.491 e. The minimum absolute atomic E-state index is 0.301. The van der Waals surface area contributed by atoms with Gasteiger partial charge in [0.25, 0.3) is 0 Å². The Hall–Kier alpha value is -1.25. The fraction of sp³-hybridized carbons (Fsp3) is 0.455. The molecule has 2 nitrogen and oxygen atoms in total. The predicted octanol–water partition coefficient (Wildman–Crippen LogP) is 2.68. The number of halogens is 1. The van der Waals surface area contributed by atoms with Crippen LogP contribution in [0.25, 0.3) is 0 Å². The third-order valence-electron chi connectivity index (χ3n) is 2.13. The molecule has 0 saturated carbocycles. The highest BCUT2D eigenvalue weighted by Gasteiger charge is 2.05.